The molecule has 0 heterocycles. The van der Waals surface area contributed by atoms with Crippen molar-refractivity contribution in [3.05, 3.63) is 28.2 Å². The van der Waals surface area contributed by atoms with Gasteiger partial charge < -0.3 is 14.8 Å². The minimum absolute atomic E-state index is 0.186. The third-order valence-electron chi connectivity index (χ3n) is 1.86. The first-order chi connectivity index (χ1) is 7.41. The van der Waals surface area contributed by atoms with Gasteiger partial charge in [0.2, 0.25) is 0 Å². The van der Waals surface area contributed by atoms with Crippen LogP contribution in [0.1, 0.15) is 24.2 Å². The number of halogens is 1. The Morgan fingerprint density at radius 3 is 2.50 bits per heavy atom. The highest BCUT2D eigenvalue weighted by molar-refractivity contribution is 9.10. The lowest BCUT2D eigenvalue weighted by Crippen LogP contribution is -2.31. The highest BCUT2D eigenvalue weighted by Gasteiger charge is 2.17. The van der Waals surface area contributed by atoms with E-state index in [0.29, 0.717) is 15.5 Å². The van der Waals surface area contributed by atoms with Crippen molar-refractivity contribution in [2.24, 2.45) is 0 Å². The molecule has 0 unspecified atom stereocenters. The van der Waals surface area contributed by atoms with E-state index in [1.165, 1.54) is 18.2 Å². The number of ether oxygens (including phenoxy) is 1. The van der Waals surface area contributed by atoms with Gasteiger partial charge in [-0.15, -0.1) is 0 Å². The zero-order valence-electron chi connectivity index (χ0n) is 8.98. The molecule has 0 saturated heterocycles. The average Bonchev–Trinajstić information content (AvgIpc) is 2.15. The van der Waals surface area contributed by atoms with Crippen molar-refractivity contribution in [3.63, 3.8) is 0 Å². The average molecular weight is 287 g/mol. The lowest BCUT2D eigenvalue weighted by molar-refractivity contribution is 0.0378. The molecule has 0 amide bonds. The van der Waals surface area contributed by atoms with Crippen molar-refractivity contribution in [2.45, 2.75) is 20.0 Å². The van der Waals surface area contributed by atoms with E-state index in [0.717, 1.165) is 0 Å². The van der Waals surface area contributed by atoms with Crippen molar-refractivity contribution in [2.75, 3.05) is 0 Å². The first kappa shape index (κ1) is 13.2. The highest BCUT2D eigenvalue weighted by atomic mass is 79.9. The molecule has 2 N–H and O–H groups in total. The van der Waals surface area contributed by atoms with E-state index in [9.17, 15) is 4.79 Å². The third-order valence-corrected chi connectivity index (χ3v) is 2.54. The Morgan fingerprint density at radius 1 is 1.44 bits per heavy atom. The lowest BCUT2D eigenvalue weighted by atomic mass is 9.80. The van der Waals surface area contributed by atoms with E-state index in [1.807, 2.05) is 0 Å². The summed E-state index contributed by atoms with van der Waals surface area (Å²) in [6.07, 6.45) is -0.186. The summed E-state index contributed by atoms with van der Waals surface area (Å²) in [6, 6.07) is 4.45. The number of carbonyl (C=O) groups is 1. The molecule has 0 fully saturated rings. The molecule has 0 bridgehead atoms. The molecule has 0 spiro atoms. The number of esters is 1. The van der Waals surface area contributed by atoms with Crippen LogP contribution >= 0.6 is 15.9 Å². The van der Waals surface area contributed by atoms with Crippen LogP contribution in [0.3, 0.4) is 0 Å². The summed E-state index contributed by atoms with van der Waals surface area (Å²) in [5.41, 5.74) is 0.672. The van der Waals surface area contributed by atoms with Crippen LogP contribution in [0.2, 0.25) is 0 Å². The molecule has 4 nitrogen and oxygen atoms in total. The summed E-state index contributed by atoms with van der Waals surface area (Å²) >= 11 is 3.15. The van der Waals surface area contributed by atoms with Crippen LogP contribution < -0.4 is 5.46 Å². The van der Waals surface area contributed by atoms with Gasteiger partial charge in [-0.3, -0.25) is 0 Å². The summed E-state index contributed by atoms with van der Waals surface area (Å²) in [6.45, 7) is 3.53. The number of benzene rings is 1. The molecule has 0 saturated carbocycles. The van der Waals surface area contributed by atoms with Gasteiger partial charge in [-0.05, 0) is 31.4 Å². The number of rotatable bonds is 3. The van der Waals surface area contributed by atoms with Crippen molar-refractivity contribution in [3.8, 4) is 0 Å². The Bertz CT molecular complexity index is 392. The second kappa shape index (κ2) is 5.47. The maximum atomic E-state index is 11.5. The number of hydrogen-bond donors (Lipinski definition) is 2. The van der Waals surface area contributed by atoms with Crippen molar-refractivity contribution in [1.29, 1.82) is 0 Å². The minimum Gasteiger partial charge on any atom is -0.459 e. The van der Waals surface area contributed by atoms with Crippen LogP contribution in [-0.4, -0.2) is 29.2 Å². The van der Waals surface area contributed by atoms with Gasteiger partial charge in [-0.1, -0.05) is 22.0 Å². The predicted molar refractivity (Wildman–Crippen MR) is 64.5 cm³/mol. The zero-order valence-corrected chi connectivity index (χ0v) is 10.6. The fourth-order valence-electron chi connectivity index (χ4n) is 1.15. The van der Waals surface area contributed by atoms with E-state index < -0.39 is 13.1 Å². The molecule has 1 aromatic carbocycles. The summed E-state index contributed by atoms with van der Waals surface area (Å²) in [5.74, 6) is -0.435. The second-order valence-corrected chi connectivity index (χ2v) is 4.42. The van der Waals surface area contributed by atoms with E-state index in [-0.39, 0.29) is 6.10 Å². The smallest absolute Gasteiger partial charge is 0.459 e. The van der Waals surface area contributed by atoms with Gasteiger partial charge in [0.15, 0.2) is 0 Å². The van der Waals surface area contributed by atoms with E-state index in [4.69, 9.17) is 14.8 Å². The van der Waals surface area contributed by atoms with Crippen LogP contribution in [0.25, 0.3) is 0 Å². The molecule has 0 radical (unpaired) electrons. The summed E-state index contributed by atoms with van der Waals surface area (Å²) < 4.78 is 5.47. The molecule has 0 aromatic heterocycles. The quantitative estimate of drug-likeness (QED) is 0.634. The van der Waals surface area contributed by atoms with Gasteiger partial charge in [-0.25, -0.2) is 4.79 Å². The summed E-state index contributed by atoms with van der Waals surface area (Å²) in [4.78, 5) is 11.5. The Hall–Kier alpha value is -0.845. The molecule has 6 heteroatoms. The van der Waals surface area contributed by atoms with Crippen LogP contribution in [-0.2, 0) is 4.74 Å². The van der Waals surface area contributed by atoms with E-state index in [1.54, 1.807) is 13.8 Å². The van der Waals surface area contributed by atoms with Crippen molar-refractivity contribution < 1.29 is 19.6 Å². The Kier molecular flexibility index (Phi) is 4.52. The second-order valence-electron chi connectivity index (χ2n) is 3.56. The SMILES string of the molecule is CC(C)OC(=O)c1ccc(B(O)O)c(Br)c1. The third kappa shape index (κ3) is 3.33. The molecule has 16 heavy (non-hydrogen) atoms. The largest absolute Gasteiger partial charge is 0.489 e. The van der Waals surface area contributed by atoms with Crippen molar-refractivity contribution >= 4 is 34.5 Å². The molecule has 0 atom stereocenters. The molecular formula is C10H12BBrO4. The first-order valence-corrected chi connectivity index (χ1v) is 5.57. The fourth-order valence-corrected chi connectivity index (χ4v) is 1.73. The van der Waals surface area contributed by atoms with Gasteiger partial charge in [0, 0.05) is 4.47 Å². The molecule has 1 rings (SSSR count). The highest BCUT2D eigenvalue weighted by Crippen LogP contribution is 2.12. The monoisotopic (exact) mass is 286 g/mol. The summed E-state index contributed by atoms with van der Waals surface area (Å²) in [5, 5.41) is 18.0. The molecule has 1 aromatic rings. The maximum absolute atomic E-state index is 11.5. The minimum atomic E-state index is -1.57. The summed E-state index contributed by atoms with van der Waals surface area (Å²) in [7, 11) is -1.57. The van der Waals surface area contributed by atoms with Gasteiger partial charge in [-0.2, -0.15) is 0 Å². The Labute approximate surface area is 103 Å². The maximum Gasteiger partial charge on any atom is 0.489 e. The van der Waals surface area contributed by atoms with Crippen molar-refractivity contribution in [1.82, 2.24) is 0 Å². The molecule has 0 aliphatic heterocycles. The van der Waals surface area contributed by atoms with Gasteiger partial charge >= 0.3 is 13.1 Å². The molecule has 86 valence electrons. The zero-order chi connectivity index (χ0) is 12.3. The van der Waals surface area contributed by atoms with E-state index >= 15 is 0 Å². The van der Waals surface area contributed by atoms with Gasteiger partial charge in [0.05, 0.1) is 11.7 Å². The molecule has 0 aliphatic carbocycles. The molecular weight excluding hydrogens is 275 g/mol. The van der Waals surface area contributed by atoms with Crippen LogP contribution in [0.4, 0.5) is 0 Å². The Morgan fingerprint density at radius 2 is 2.06 bits per heavy atom. The Balaban J connectivity index is 2.93. The standard InChI is InChI=1S/C10H12BBrO4/c1-6(2)16-10(13)7-3-4-8(11(14)15)9(12)5-7/h3-6,14-15H,1-2H3. The van der Waals surface area contributed by atoms with Gasteiger partial charge in [0.1, 0.15) is 0 Å². The van der Waals surface area contributed by atoms with Gasteiger partial charge in [0.25, 0.3) is 0 Å². The topological polar surface area (TPSA) is 66.8 Å². The number of hydrogen-bond acceptors (Lipinski definition) is 4. The van der Waals surface area contributed by atoms with Crippen LogP contribution in [0.15, 0.2) is 22.7 Å². The lowest BCUT2D eigenvalue weighted by Gasteiger charge is -2.09. The molecule has 0 aliphatic rings. The van der Waals surface area contributed by atoms with Crippen LogP contribution in [0, 0.1) is 0 Å². The number of carbonyl (C=O) groups excluding carboxylic acids is 1. The predicted octanol–water partition coefficient (Wildman–Crippen LogP) is 0.694. The first-order valence-electron chi connectivity index (χ1n) is 4.78. The van der Waals surface area contributed by atoms with E-state index in [2.05, 4.69) is 15.9 Å². The fraction of sp³-hybridized carbons (Fsp3) is 0.300. The van der Waals surface area contributed by atoms with Crippen LogP contribution in [0.5, 0.6) is 0 Å². The normalized spacial score (nSPS) is 10.4.